The van der Waals surface area contributed by atoms with E-state index >= 15 is 0 Å². The average molecular weight is 298 g/mol. The Hall–Kier alpha value is -1.86. The van der Waals surface area contributed by atoms with E-state index < -0.39 is 15.8 Å². The predicted octanol–water partition coefficient (Wildman–Crippen LogP) is 2.10. The van der Waals surface area contributed by atoms with Crippen molar-refractivity contribution in [3.8, 4) is 0 Å². The number of halogens is 1. The number of hydrogen-bond donors (Lipinski definition) is 2. The van der Waals surface area contributed by atoms with Crippen LogP contribution < -0.4 is 10.5 Å². The Bertz CT molecular complexity index is 715. The number of anilines is 1. The van der Waals surface area contributed by atoms with Crippen molar-refractivity contribution in [2.75, 3.05) is 5.73 Å². The zero-order chi connectivity index (χ0) is 14.9. The van der Waals surface area contributed by atoms with Crippen molar-refractivity contribution < 1.29 is 17.2 Å². The lowest BCUT2D eigenvalue weighted by Gasteiger charge is -2.08. The molecule has 20 heavy (non-hydrogen) atoms. The number of rotatable bonds is 4. The molecule has 0 saturated heterocycles. The lowest BCUT2D eigenvalue weighted by Crippen LogP contribution is -2.23. The molecule has 0 aliphatic rings. The molecular weight excluding hydrogens is 283 g/mol. The molecule has 108 valence electrons. The predicted molar refractivity (Wildman–Crippen MR) is 73.0 cm³/mol. The Kier molecular flexibility index (Phi) is 3.82. The highest BCUT2D eigenvalue weighted by molar-refractivity contribution is 7.89. The summed E-state index contributed by atoms with van der Waals surface area (Å²) in [6, 6.07) is 5.57. The van der Waals surface area contributed by atoms with E-state index in [9.17, 15) is 12.8 Å². The minimum Gasteiger partial charge on any atom is -0.465 e. The van der Waals surface area contributed by atoms with Crippen LogP contribution in [0.5, 0.6) is 0 Å². The molecule has 0 atom stereocenters. The number of nitrogens with one attached hydrogen (secondary N) is 1. The molecule has 3 N–H and O–H groups in total. The van der Waals surface area contributed by atoms with Crippen LogP contribution in [0, 0.1) is 19.7 Å². The first-order valence-electron chi connectivity index (χ1n) is 5.90. The quantitative estimate of drug-likeness (QED) is 0.846. The SMILES string of the molecule is Cc1ccc(CNS(=O)(=O)c2cc(N)c(C)c(F)c2)o1. The molecule has 5 nitrogen and oxygen atoms in total. The Balaban J connectivity index is 2.22. The van der Waals surface area contributed by atoms with Gasteiger partial charge in [-0.2, -0.15) is 0 Å². The molecule has 7 heteroatoms. The zero-order valence-electron chi connectivity index (χ0n) is 11.1. The molecule has 1 aromatic carbocycles. The van der Waals surface area contributed by atoms with E-state index in [4.69, 9.17) is 10.2 Å². The van der Waals surface area contributed by atoms with Crippen LogP contribution in [0.1, 0.15) is 17.1 Å². The Morgan fingerprint density at radius 3 is 2.55 bits per heavy atom. The fourth-order valence-corrected chi connectivity index (χ4v) is 2.70. The van der Waals surface area contributed by atoms with E-state index in [1.807, 2.05) is 0 Å². The zero-order valence-corrected chi connectivity index (χ0v) is 11.9. The van der Waals surface area contributed by atoms with E-state index in [1.54, 1.807) is 19.1 Å². The van der Waals surface area contributed by atoms with Gasteiger partial charge in [0.25, 0.3) is 0 Å². The summed E-state index contributed by atoms with van der Waals surface area (Å²) in [6.07, 6.45) is 0. The van der Waals surface area contributed by atoms with Crippen molar-refractivity contribution in [3.05, 3.63) is 47.2 Å². The maximum absolute atomic E-state index is 13.5. The third-order valence-corrected chi connectivity index (χ3v) is 4.28. The first-order valence-corrected chi connectivity index (χ1v) is 7.38. The van der Waals surface area contributed by atoms with Gasteiger partial charge in [-0.05, 0) is 38.1 Å². The second-order valence-electron chi connectivity index (χ2n) is 4.46. The van der Waals surface area contributed by atoms with Gasteiger partial charge in [0.05, 0.1) is 11.4 Å². The van der Waals surface area contributed by atoms with E-state index in [1.165, 1.54) is 13.0 Å². The van der Waals surface area contributed by atoms with Crippen LogP contribution in [-0.4, -0.2) is 8.42 Å². The van der Waals surface area contributed by atoms with E-state index in [0.717, 1.165) is 6.07 Å². The van der Waals surface area contributed by atoms with Crippen LogP contribution in [0.25, 0.3) is 0 Å². The molecule has 1 aromatic heterocycles. The van der Waals surface area contributed by atoms with Crippen molar-refractivity contribution in [3.63, 3.8) is 0 Å². The smallest absolute Gasteiger partial charge is 0.241 e. The van der Waals surface area contributed by atoms with Crippen LogP contribution in [0.3, 0.4) is 0 Å². The van der Waals surface area contributed by atoms with Crippen molar-refractivity contribution in [2.24, 2.45) is 0 Å². The minimum absolute atomic E-state index is 0.00836. The maximum atomic E-state index is 13.5. The number of sulfonamides is 1. The molecule has 1 heterocycles. The van der Waals surface area contributed by atoms with Crippen LogP contribution in [0.4, 0.5) is 10.1 Å². The molecule has 0 bridgehead atoms. The van der Waals surface area contributed by atoms with Gasteiger partial charge in [-0.3, -0.25) is 0 Å². The summed E-state index contributed by atoms with van der Waals surface area (Å²) in [7, 11) is -3.84. The van der Waals surface area contributed by atoms with Crippen LogP contribution in [0.15, 0.2) is 33.6 Å². The van der Waals surface area contributed by atoms with Gasteiger partial charge in [-0.25, -0.2) is 17.5 Å². The lowest BCUT2D eigenvalue weighted by molar-refractivity contribution is 0.475. The summed E-state index contributed by atoms with van der Waals surface area (Å²) in [4.78, 5) is -0.207. The summed E-state index contributed by atoms with van der Waals surface area (Å²) in [5, 5.41) is 0. The first-order chi connectivity index (χ1) is 9.29. The van der Waals surface area contributed by atoms with Gasteiger partial charge in [0.15, 0.2) is 0 Å². The second-order valence-corrected chi connectivity index (χ2v) is 6.22. The molecule has 2 rings (SSSR count). The molecule has 2 aromatic rings. The van der Waals surface area contributed by atoms with Crippen LogP contribution in [0.2, 0.25) is 0 Å². The van der Waals surface area contributed by atoms with Gasteiger partial charge >= 0.3 is 0 Å². The molecule has 0 aliphatic heterocycles. The summed E-state index contributed by atoms with van der Waals surface area (Å²) in [5.41, 5.74) is 5.90. The second kappa shape index (κ2) is 5.26. The molecule has 0 aliphatic carbocycles. The Morgan fingerprint density at radius 2 is 2.00 bits per heavy atom. The largest absolute Gasteiger partial charge is 0.465 e. The number of aryl methyl sites for hydroxylation is 1. The van der Waals surface area contributed by atoms with Crippen molar-refractivity contribution >= 4 is 15.7 Å². The number of nitrogens with two attached hydrogens (primary N) is 1. The summed E-state index contributed by atoms with van der Waals surface area (Å²) in [5.74, 6) is 0.510. The third-order valence-electron chi connectivity index (χ3n) is 2.90. The lowest BCUT2D eigenvalue weighted by atomic mass is 10.2. The fourth-order valence-electron chi connectivity index (χ4n) is 1.66. The van der Waals surface area contributed by atoms with Gasteiger partial charge in [-0.1, -0.05) is 0 Å². The Morgan fingerprint density at radius 1 is 1.30 bits per heavy atom. The van der Waals surface area contributed by atoms with Gasteiger partial charge in [-0.15, -0.1) is 0 Å². The number of hydrogen-bond acceptors (Lipinski definition) is 4. The average Bonchev–Trinajstić information content (AvgIpc) is 2.79. The minimum atomic E-state index is -3.84. The van der Waals surface area contributed by atoms with Crippen molar-refractivity contribution in [1.82, 2.24) is 4.72 Å². The Labute approximate surface area is 116 Å². The van der Waals surface area contributed by atoms with E-state index in [-0.39, 0.29) is 22.7 Å². The van der Waals surface area contributed by atoms with E-state index in [2.05, 4.69) is 4.72 Å². The van der Waals surface area contributed by atoms with Crippen molar-refractivity contribution in [2.45, 2.75) is 25.3 Å². The topological polar surface area (TPSA) is 85.3 Å². The van der Waals surface area contributed by atoms with Crippen LogP contribution in [-0.2, 0) is 16.6 Å². The number of benzene rings is 1. The summed E-state index contributed by atoms with van der Waals surface area (Å²) < 4.78 is 45.2. The highest BCUT2D eigenvalue weighted by Crippen LogP contribution is 2.21. The molecule has 0 radical (unpaired) electrons. The molecule has 0 spiro atoms. The van der Waals surface area contributed by atoms with Gasteiger partial charge in [0.2, 0.25) is 10.0 Å². The summed E-state index contributed by atoms with van der Waals surface area (Å²) in [6.45, 7) is 3.24. The number of nitrogen functional groups attached to an aromatic ring is 1. The maximum Gasteiger partial charge on any atom is 0.241 e. The molecule has 0 fully saturated rings. The molecule has 0 amide bonds. The van der Waals surface area contributed by atoms with Gasteiger partial charge < -0.3 is 10.2 Å². The van der Waals surface area contributed by atoms with E-state index in [0.29, 0.717) is 11.5 Å². The summed E-state index contributed by atoms with van der Waals surface area (Å²) >= 11 is 0. The first kappa shape index (κ1) is 14.5. The third kappa shape index (κ3) is 3.00. The fraction of sp³-hybridized carbons (Fsp3) is 0.231. The molecular formula is C13H15FN2O3S. The molecule has 0 unspecified atom stereocenters. The number of furan rings is 1. The highest BCUT2D eigenvalue weighted by Gasteiger charge is 2.17. The standard InChI is InChI=1S/C13H15FN2O3S/c1-8-3-4-10(19-8)7-16-20(17,18)11-5-12(14)9(2)13(15)6-11/h3-6,16H,7,15H2,1-2H3. The monoisotopic (exact) mass is 298 g/mol. The van der Waals surface area contributed by atoms with Gasteiger partial charge in [0.1, 0.15) is 17.3 Å². The van der Waals surface area contributed by atoms with Crippen molar-refractivity contribution in [1.29, 1.82) is 0 Å². The molecule has 0 saturated carbocycles. The van der Waals surface area contributed by atoms with Crippen LogP contribution >= 0.6 is 0 Å². The highest BCUT2D eigenvalue weighted by atomic mass is 32.2. The normalized spacial score (nSPS) is 11.8. The van der Waals surface area contributed by atoms with Gasteiger partial charge in [0, 0.05) is 11.3 Å².